The molecular weight excluding hydrogens is 344 g/mol. The molecule has 0 radical (unpaired) electrons. The van der Waals surface area contributed by atoms with Crippen LogP contribution in [0.2, 0.25) is 0 Å². The van der Waals surface area contributed by atoms with E-state index >= 15 is 0 Å². The van der Waals surface area contributed by atoms with Crippen molar-refractivity contribution in [3.8, 4) is 0 Å². The summed E-state index contributed by atoms with van der Waals surface area (Å²) < 4.78 is 5.30. The molecule has 0 N–H and O–H groups in total. The first-order valence-corrected chi connectivity index (χ1v) is 9.75. The SMILES string of the molecule is CCc1nnc(N2CCC(N(C)C(=O)c3ncoc3CC)CC2)nc1CC. The van der Waals surface area contributed by atoms with Crippen LogP contribution in [0.15, 0.2) is 10.8 Å². The summed E-state index contributed by atoms with van der Waals surface area (Å²) in [6.07, 6.45) is 5.43. The number of carbonyl (C=O) groups excluding carboxylic acids is 1. The van der Waals surface area contributed by atoms with Gasteiger partial charge in [0.2, 0.25) is 5.95 Å². The van der Waals surface area contributed by atoms with Crippen molar-refractivity contribution in [1.82, 2.24) is 25.1 Å². The number of nitrogens with zero attached hydrogens (tertiary/aromatic N) is 6. The number of hydrogen-bond donors (Lipinski definition) is 0. The molecule has 0 atom stereocenters. The second-order valence-electron chi connectivity index (χ2n) is 6.82. The van der Waals surface area contributed by atoms with Crippen molar-refractivity contribution >= 4 is 11.9 Å². The van der Waals surface area contributed by atoms with Gasteiger partial charge < -0.3 is 14.2 Å². The number of hydrogen-bond acceptors (Lipinski definition) is 7. The van der Waals surface area contributed by atoms with Gasteiger partial charge in [-0.2, -0.15) is 5.10 Å². The Hall–Kier alpha value is -2.51. The van der Waals surface area contributed by atoms with Crippen LogP contribution >= 0.6 is 0 Å². The minimum Gasteiger partial charge on any atom is -0.448 e. The van der Waals surface area contributed by atoms with Crippen molar-refractivity contribution in [2.75, 3.05) is 25.0 Å². The maximum Gasteiger partial charge on any atom is 0.276 e. The maximum absolute atomic E-state index is 12.7. The Morgan fingerprint density at radius 3 is 2.48 bits per heavy atom. The summed E-state index contributed by atoms with van der Waals surface area (Å²) in [4.78, 5) is 25.5. The van der Waals surface area contributed by atoms with Gasteiger partial charge in [0.15, 0.2) is 12.1 Å². The van der Waals surface area contributed by atoms with Crippen molar-refractivity contribution < 1.29 is 9.21 Å². The Morgan fingerprint density at radius 2 is 1.85 bits per heavy atom. The first-order valence-electron chi connectivity index (χ1n) is 9.75. The predicted molar refractivity (Wildman–Crippen MR) is 102 cm³/mol. The number of oxazole rings is 1. The van der Waals surface area contributed by atoms with Crippen molar-refractivity contribution in [2.24, 2.45) is 0 Å². The van der Waals surface area contributed by atoms with E-state index in [0.29, 0.717) is 23.8 Å². The van der Waals surface area contributed by atoms with Crippen LogP contribution < -0.4 is 4.90 Å². The van der Waals surface area contributed by atoms with E-state index in [9.17, 15) is 4.79 Å². The van der Waals surface area contributed by atoms with E-state index < -0.39 is 0 Å². The largest absolute Gasteiger partial charge is 0.448 e. The van der Waals surface area contributed by atoms with Crippen LogP contribution in [-0.4, -0.2) is 57.2 Å². The molecule has 146 valence electrons. The van der Waals surface area contributed by atoms with E-state index in [1.54, 1.807) is 4.90 Å². The van der Waals surface area contributed by atoms with Crippen LogP contribution in [-0.2, 0) is 19.3 Å². The van der Waals surface area contributed by atoms with Crippen molar-refractivity contribution in [3.05, 3.63) is 29.2 Å². The summed E-state index contributed by atoms with van der Waals surface area (Å²) in [5, 5.41) is 8.65. The number of amides is 1. The second-order valence-corrected chi connectivity index (χ2v) is 6.82. The fourth-order valence-corrected chi connectivity index (χ4v) is 3.54. The highest BCUT2D eigenvalue weighted by Crippen LogP contribution is 2.22. The van der Waals surface area contributed by atoms with Gasteiger partial charge in [0.05, 0.1) is 11.4 Å². The van der Waals surface area contributed by atoms with Crippen LogP contribution in [0.25, 0.3) is 0 Å². The Labute approximate surface area is 160 Å². The molecule has 27 heavy (non-hydrogen) atoms. The molecule has 8 nitrogen and oxygen atoms in total. The molecule has 1 saturated heterocycles. The minimum atomic E-state index is -0.0717. The monoisotopic (exact) mass is 372 g/mol. The molecule has 0 aliphatic carbocycles. The van der Waals surface area contributed by atoms with Crippen LogP contribution in [0, 0.1) is 0 Å². The molecule has 1 amide bonds. The number of piperidine rings is 1. The molecule has 8 heteroatoms. The summed E-state index contributed by atoms with van der Waals surface area (Å²) in [6.45, 7) is 7.73. The molecular formula is C19H28N6O2. The fraction of sp³-hybridized carbons (Fsp3) is 0.632. The third-order valence-corrected chi connectivity index (χ3v) is 5.28. The first-order chi connectivity index (χ1) is 13.1. The zero-order chi connectivity index (χ0) is 19.4. The van der Waals surface area contributed by atoms with Gasteiger partial charge in [-0.15, -0.1) is 5.10 Å². The molecule has 2 aromatic rings. The average Bonchev–Trinajstić information content (AvgIpc) is 3.21. The lowest BCUT2D eigenvalue weighted by molar-refractivity contribution is 0.0701. The van der Waals surface area contributed by atoms with Gasteiger partial charge in [0, 0.05) is 32.6 Å². The summed E-state index contributed by atoms with van der Waals surface area (Å²) in [5.41, 5.74) is 2.42. The van der Waals surface area contributed by atoms with Crippen LogP contribution in [0.5, 0.6) is 0 Å². The van der Waals surface area contributed by atoms with E-state index in [1.807, 2.05) is 14.0 Å². The first kappa shape index (κ1) is 19.3. The predicted octanol–water partition coefficient (Wildman–Crippen LogP) is 2.29. The van der Waals surface area contributed by atoms with E-state index in [4.69, 9.17) is 9.40 Å². The number of aromatic nitrogens is 4. The van der Waals surface area contributed by atoms with Gasteiger partial charge >= 0.3 is 0 Å². The quantitative estimate of drug-likeness (QED) is 0.768. The Morgan fingerprint density at radius 1 is 1.15 bits per heavy atom. The summed E-state index contributed by atoms with van der Waals surface area (Å²) in [7, 11) is 1.85. The third-order valence-electron chi connectivity index (χ3n) is 5.28. The maximum atomic E-state index is 12.7. The molecule has 2 aromatic heterocycles. The van der Waals surface area contributed by atoms with E-state index in [2.05, 4.69) is 33.9 Å². The number of anilines is 1. The van der Waals surface area contributed by atoms with Crippen LogP contribution in [0.3, 0.4) is 0 Å². The molecule has 0 bridgehead atoms. The number of carbonyl (C=O) groups is 1. The van der Waals surface area contributed by atoms with Crippen molar-refractivity contribution in [2.45, 2.75) is 58.9 Å². The molecule has 0 saturated carbocycles. The highest BCUT2D eigenvalue weighted by atomic mass is 16.3. The van der Waals surface area contributed by atoms with E-state index in [0.717, 1.165) is 50.2 Å². The zero-order valence-electron chi connectivity index (χ0n) is 16.6. The molecule has 1 aliphatic rings. The number of rotatable bonds is 6. The van der Waals surface area contributed by atoms with Gasteiger partial charge in [-0.3, -0.25) is 4.79 Å². The van der Waals surface area contributed by atoms with Gasteiger partial charge in [-0.1, -0.05) is 20.8 Å². The molecule has 1 fully saturated rings. The van der Waals surface area contributed by atoms with E-state index in [1.165, 1.54) is 6.39 Å². The molecule has 0 aromatic carbocycles. The molecule has 0 spiro atoms. The Bertz CT molecular complexity index is 782. The van der Waals surface area contributed by atoms with Crippen molar-refractivity contribution in [1.29, 1.82) is 0 Å². The summed E-state index contributed by atoms with van der Waals surface area (Å²) in [5.74, 6) is 1.27. The minimum absolute atomic E-state index is 0.0717. The lowest BCUT2D eigenvalue weighted by atomic mass is 10.0. The van der Waals surface area contributed by atoms with Gasteiger partial charge in [0.25, 0.3) is 5.91 Å². The Kier molecular flexibility index (Phi) is 6.03. The highest BCUT2D eigenvalue weighted by molar-refractivity contribution is 5.93. The van der Waals surface area contributed by atoms with Gasteiger partial charge in [0.1, 0.15) is 5.76 Å². The summed E-state index contributed by atoms with van der Waals surface area (Å²) in [6, 6.07) is 0.170. The second kappa shape index (κ2) is 8.45. The van der Waals surface area contributed by atoms with Crippen molar-refractivity contribution in [3.63, 3.8) is 0 Å². The lowest BCUT2D eigenvalue weighted by Crippen LogP contribution is -2.46. The summed E-state index contributed by atoms with van der Waals surface area (Å²) >= 11 is 0. The normalized spacial score (nSPS) is 15.2. The lowest BCUT2D eigenvalue weighted by Gasteiger charge is -2.36. The average molecular weight is 372 g/mol. The third kappa shape index (κ3) is 3.94. The standard InChI is InChI=1S/C19H28N6O2/c1-5-14-15(6-2)22-23-19(21-14)25-10-8-13(9-11-25)24(4)18(26)17-16(7-3)27-12-20-17/h12-13H,5-11H2,1-4H3. The topological polar surface area (TPSA) is 88.3 Å². The molecule has 0 unspecified atom stereocenters. The van der Waals surface area contributed by atoms with Crippen LogP contribution in [0.4, 0.5) is 5.95 Å². The smallest absolute Gasteiger partial charge is 0.276 e. The molecule has 1 aliphatic heterocycles. The van der Waals surface area contributed by atoms with Gasteiger partial charge in [-0.25, -0.2) is 9.97 Å². The zero-order valence-corrected chi connectivity index (χ0v) is 16.6. The highest BCUT2D eigenvalue weighted by Gasteiger charge is 2.29. The molecule has 3 rings (SSSR count). The fourth-order valence-electron chi connectivity index (χ4n) is 3.54. The van der Waals surface area contributed by atoms with Gasteiger partial charge in [-0.05, 0) is 25.7 Å². The molecule has 3 heterocycles. The Balaban J connectivity index is 1.64. The number of aryl methyl sites for hydroxylation is 3. The van der Waals surface area contributed by atoms with Crippen LogP contribution in [0.1, 0.15) is 61.2 Å². The van der Waals surface area contributed by atoms with E-state index in [-0.39, 0.29) is 11.9 Å².